The molecule has 0 amide bonds. The van der Waals surface area contributed by atoms with Crippen molar-refractivity contribution in [3.8, 4) is 5.75 Å². The van der Waals surface area contributed by atoms with Gasteiger partial charge in [0.15, 0.2) is 0 Å². The van der Waals surface area contributed by atoms with Crippen molar-refractivity contribution in [2.75, 3.05) is 0 Å². The summed E-state index contributed by atoms with van der Waals surface area (Å²) in [5, 5.41) is 11.5. The molecule has 1 aromatic carbocycles. The number of carbonyl (C=O) groups is 1. The number of rotatable bonds is 2. The third-order valence-corrected chi connectivity index (χ3v) is 4.04. The molecule has 2 N–H and O–H groups in total. The highest BCUT2D eigenvalue weighted by Crippen LogP contribution is 2.29. The summed E-state index contributed by atoms with van der Waals surface area (Å²) < 4.78 is 37.7. The number of carboxylic acids is 1. The number of aliphatic carboxylic acids is 1. The van der Waals surface area contributed by atoms with Crippen LogP contribution in [0.3, 0.4) is 0 Å². The lowest BCUT2D eigenvalue weighted by atomic mass is 10.0. The van der Waals surface area contributed by atoms with E-state index in [0.29, 0.717) is 18.2 Å². The smallest absolute Gasteiger partial charge is 0.490 e. The van der Waals surface area contributed by atoms with Crippen LogP contribution >= 0.6 is 11.6 Å². The highest BCUT2D eigenvalue weighted by atomic mass is 35.5. The molecule has 128 valence electrons. The molecule has 23 heavy (non-hydrogen) atoms. The number of halogens is 4. The maximum Gasteiger partial charge on any atom is 0.490 e. The number of fused-ring (bicyclic) bond motifs is 2. The van der Waals surface area contributed by atoms with Crippen LogP contribution in [-0.2, 0) is 4.79 Å². The van der Waals surface area contributed by atoms with Crippen LogP contribution in [-0.4, -0.2) is 35.4 Å². The summed E-state index contributed by atoms with van der Waals surface area (Å²) in [7, 11) is 0. The number of carboxylic acid groups (broad SMARTS) is 1. The number of hydrogen-bond acceptors (Lipinski definition) is 3. The van der Waals surface area contributed by atoms with Gasteiger partial charge in [0.1, 0.15) is 11.9 Å². The SMILES string of the molecule is Clc1ccc(O[C@@H]2C[C@H]3CC[C@@H](C2)N3)cc1.O=C(O)C(F)(F)F. The Labute approximate surface area is 136 Å². The number of benzene rings is 1. The molecule has 2 heterocycles. The fraction of sp³-hybridized carbons (Fsp3) is 0.533. The molecule has 4 nitrogen and oxygen atoms in total. The Morgan fingerprint density at radius 1 is 1.17 bits per heavy atom. The van der Waals surface area contributed by atoms with Gasteiger partial charge in [-0.25, -0.2) is 4.79 Å². The highest BCUT2D eigenvalue weighted by molar-refractivity contribution is 6.30. The first-order valence-corrected chi connectivity index (χ1v) is 7.60. The van der Waals surface area contributed by atoms with Crippen LogP contribution < -0.4 is 10.1 Å². The molecule has 2 bridgehead atoms. The normalized spacial score (nSPS) is 26.2. The van der Waals surface area contributed by atoms with Gasteiger partial charge in [0.25, 0.3) is 0 Å². The quantitative estimate of drug-likeness (QED) is 0.854. The predicted molar refractivity (Wildman–Crippen MR) is 78.7 cm³/mol. The summed E-state index contributed by atoms with van der Waals surface area (Å²) in [5.74, 6) is -1.82. The molecular formula is C15H17ClF3NO3. The fourth-order valence-corrected chi connectivity index (χ4v) is 2.93. The topological polar surface area (TPSA) is 58.6 Å². The first kappa shape index (κ1) is 17.9. The van der Waals surface area contributed by atoms with E-state index in [1.165, 1.54) is 12.8 Å². The minimum Gasteiger partial charge on any atom is -0.490 e. The average Bonchev–Trinajstić information content (AvgIpc) is 2.80. The molecule has 3 rings (SSSR count). The molecule has 0 saturated carbocycles. The van der Waals surface area contributed by atoms with Gasteiger partial charge in [0.05, 0.1) is 0 Å². The predicted octanol–water partition coefficient (Wildman–Crippen LogP) is 3.64. The molecule has 2 aliphatic heterocycles. The van der Waals surface area contributed by atoms with Crippen LogP contribution in [0.2, 0.25) is 5.02 Å². The lowest BCUT2D eigenvalue weighted by Gasteiger charge is -2.29. The van der Waals surface area contributed by atoms with Crippen molar-refractivity contribution in [1.82, 2.24) is 5.32 Å². The number of ether oxygens (including phenoxy) is 1. The Morgan fingerprint density at radius 2 is 1.65 bits per heavy atom. The van der Waals surface area contributed by atoms with Crippen LogP contribution in [0.15, 0.2) is 24.3 Å². The van der Waals surface area contributed by atoms with Crippen LogP contribution in [0.25, 0.3) is 0 Å². The minimum atomic E-state index is -5.08. The van der Waals surface area contributed by atoms with E-state index in [9.17, 15) is 13.2 Å². The van der Waals surface area contributed by atoms with Crippen molar-refractivity contribution in [1.29, 1.82) is 0 Å². The Hall–Kier alpha value is -1.47. The molecule has 0 unspecified atom stereocenters. The second-order valence-corrected chi connectivity index (χ2v) is 6.04. The van der Waals surface area contributed by atoms with E-state index >= 15 is 0 Å². The Bertz CT molecular complexity index is 524. The second-order valence-electron chi connectivity index (χ2n) is 5.61. The molecule has 2 saturated heterocycles. The van der Waals surface area contributed by atoms with E-state index in [0.717, 1.165) is 23.6 Å². The zero-order valence-electron chi connectivity index (χ0n) is 12.1. The Morgan fingerprint density at radius 3 is 2.09 bits per heavy atom. The van der Waals surface area contributed by atoms with Crippen molar-refractivity contribution in [2.45, 2.75) is 50.0 Å². The van der Waals surface area contributed by atoms with Gasteiger partial charge in [-0.3, -0.25) is 0 Å². The largest absolute Gasteiger partial charge is 0.490 e. The van der Waals surface area contributed by atoms with Crippen molar-refractivity contribution in [3.05, 3.63) is 29.3 Å². The third-order valence-electron chi connectivity index (χ3n) is 3.79. The summed E-state index contributed by atoms with van der Waals surface area (Å²) >= 11 is 5.85. The number of alkyl halides is 3. The molecular weight excluding hydrogens is 335 g/mol. The summed E-state index contributed by atoms with van der Waals surface area (Å²) in [4.78, 5) is 8.90. The van der Waals surface area contributed by atoms with E-state index in [2.05, 4.69) is 5.32 Å². The van der Waals surface area contributed by atoms with Crippen LogP contribution in [0.4, 0.5) is 13.2 Å². The first-order valence-electron chi connectivity index (χ1n) is 7.22. The van der Waals surface area contributed by atoms with E-state index in [1.807, 2.05) is 24.3 Å². The molecule has 0 aliphatic carbocycles. The van der Waals surface area contributed by atoms with E-state index in [1.54, 1.807) is 0 Å². The van der Waals surface area contributed by atoms with Crippen molar-refractivity contribution < 1.29 is 27.8 Å². The van der Waals surface area contributed by atoms with Gasteiger partial charge in [-0.1, -0.05) is 11.6 Å². The second kappa shape index (κ2) is 7.40. The summed E-state index contributed by atoms with van der Waals surface area (Å²) in [5.41, 5.74) is 0. The van der Waals surface area contributed by atoms with Gasteiger partial charge < -0.3 is 15.2 Å². The van der Waals surface area contributed by atoms with Crippen molar-refractivity contribution >= 4 is 17.6 Å². The number of piperidine rings is 1. The van der Waals surface area contributed by atoms with Crippen molar-refractivity contribution in [2.24, 2.45) is 0 Å². The van der Waals surface area contributed by atoms with Crippen LogP contribution in [0.5, 0.6) is 5.75 Å². The standard InChI is InChI=1S/C13H16ClNO.C2HF3O2/c14-9-1-5-12(6-2-9)16-13-7-10-3-4-11(8-13)15-10;3-2(4,5)1(6)7/h1-2,5-6,10-11,13,15H,3-4,7-8H2;(H,6,7)/t10-,11+,13-;. The van der Waals surface area contributed by atoms with Gasteiger partial charge >= 0.3 is 12.1 Å². The average molecular weight is 352 g/mol. The molecule has 3 atom stereocenters. The number of nitrogens with one attached hydrogen (secondary N) is 1. The zero-order valence-corrected chi connectivity index (χ0v) is 12.9. The van der Waals surface area contributed by atoms with Gasteiger partial charge in [0.2, 0.25) is 0 Å². The zero-order chi connectivity index (χ0) is 17.0. The molecule has 8 heteroatoms. The van der Waals surface area contributed by atoms with Crippen LogP contribution in [0, 0.1) is 0 Å². The van der Waals surface area contributed by atoms with E-state index in [-0.39, 0.29) is 0 Å². The number of hydrogen-bond donors (Lipinski definition) is 2. The summed E-state index contributed by atoms with van der Waals surface area (Å²) in [6.07, 6.45) is 0.189. The Kier molecular flexibility index (Phi) is 5.75. The summed E-state index contributed by atoms with van der Waals surface area (Å²) in [6, 6.07) is 9.02. The minimum absolute atomic E-state index is 0.375. The van der Waals surface area contributed by atoms with Gasteiger partial charge in [0, 0.05) is 17.1 Å². The monoisotopic (exact) mass is 351 g/mol. The van der Waals surface area contributed by atoms with Gasteiger partial charge in [-0.2, -0.15) is 13.2 Å². The molecule has 0 radical (unpaired) electrons. The Balaban J connectivity index is 0.000000236. The fourth-order valence-electron chi connectivity index (χ4n) is 2.81. The maximum absolute atomic E-state index is 10.6. The highest BCUT2D eigenvalue weighted by Gasteiger charge is 2.38. The molecule has 2 fully saturated rings. The molecule has 1 aromatic rings. The molecule has 2 aliphatic rings. The maximum atomic E-state index is 10.6. The van der Waals surface area contributed by atoms with Gasteiger partial charge in [-0.05, 0) is 49.9 Å². The molecule has 0 spiro atoms. The van der Waals surface area contributed by atoms with Crippen LogP contribution in [0.1, 0.15) is 25.7 Å². The molecule has 0 aromatic heterocycles. The summed E-state index contributed by atoms with van der Waals surface area (Å²) in [6.45, 7) is 0. The van der Waals surface area contributed by atoms with Gasteiger partial charge in [-0.15, -0.1) is 0 Å². The lowest BCUT2D eigenvalue weighted by Crippen LogP contribution is -2.42. The van der Waals surface area contributed by atoms with E-state index < -0.39 is 12.1 Å². The first-order chi connectivity index (χ1) is 10.7. The van der Waals surface area contributed by atoms with Crippen molar-refractivity contribution in [3.63, 3.8) is 0 Å². The van der Waals surface area contributed by atoms with E-state index in [4.69, 9.17) is 26.2 Å². The lowest BCUT2D eigenvalue weighted by molar-refractivity contribution is -0.192. The third kappa shape index (κ3) is 5.58.